The van der Waals surface area contributed by atoms with Crippen LogP contribution in [0.4, 0.5) is 4.39 Å². The van der Waals surface area contributed by atoms with Crippen LogP contribution in [0.5, 0.6) is 0 Å². The van der Waals surface area contributed by atoms with Gasteiger partial charge in [0.2, 0.25) is 10.0 Å². The van der Waals surface area contributed by atoms with Crippen LogP contribution in [0.1, 0.15) is 17.2 Å². The van der Waals surface area contributed by atoms with Crippen molar-refractivity contribution < 1.29 is 12.8 Å². The first kappa shape index (κ1) is 17.1. The van der Waals surface area contributed by atoms with Gasteiger partial charge in [-0.25, -0.2) is 12.8 Å². The second-order valence-corrected chi connectivity index (χ2v) is 8.10. The lowest BCUT2D eigenvalue weighted by Gasteiger charge is -2.39. The number of piperazine rings is 1. The van der Waals surface area contributed by atoms with Gasteiger partial charge in [-0.1, -0.05) is 42.5 Å². The topological polar surface area (TPSA) is 40.6 Å². The highest BCUT2D eigenvalue weighted by atomic mass is 32.2. The summed E-state index contributed by atoms with van der Waals surface area (Å²) in [6, 6.07) is 15.1. The molecule has 3 rings (SSSR count). The molecule has 6 heteroatoms. The average molecular weight is 348 g/mol. The molecule has 4 nitrogen and oxygen atoms in total. The van der Waals surface area contributed by atoms with Crippen LogP contribution in [-0.2, 0) is 15.8 Å². The molecule has 2 aromatic rings. The number of hydrogen-bond acceptors (Lipinski definition) is 3. The van der Waals surface area contributed by atoms with Crippen molar-refractivity contribution in [2.75, 3.05) is 26.7 Å². The number of nitrogens with zero attached hydrogens (tertiary/aromatic N) is 2. The van der Waals surface area contributed by atoms with Crippen molar-refractivity contribution in [3.05, 3.63) is 71.5 Å². The zero-order valence-corrected chi connectivity index (χ0v) is 14.4. The van der Waals surface area contributed by atoms with Crippen molar-refractivity contribution in [1.82, 2.24) is 9.21 Å². The molecular formula is C18H21FN2O2S. The van der Waals surface area contributed by atoms with E-state index < -0.39 is 10.0 Å². The van der Waals surface area contributed by atoms with E-state index in [4.69, 9.17) is 0 Å². The van der Waals surface area contributed by atoms with E-state index in [9.17, 15) is 12.8 Å². The van der Waals surface area contributed by atoms with E-state index in [1.807, 2.05) is 37.4 Å². The smallest absolute Gasteiger partial charge is 0.218 e. The molecule has 0 radical (unpaired) electrons. The summed E-state index contributed by atoms with van der Waals surface area (Å²) in [5.74, 6) is -0.474. The van der Waals surface area contributed by atoms with E-state index in [1.165, 1.54) is 24.3 Å². The summed E-state index contributed by atoms with van der Waals surface area (Å²) >= 11 is 0. The van der Waals surface area contributed by atoms with Gasteiger partial charge in [-0.05, 0) is 30.3 Å². The number of halogens is 1. The average Bonchev–Trinajstić information content (AvgIpc) is 2.57. The highest BCUT2D eigenvalue weighted by Gasteiger charge is 2.34. The fourth-order valence-corrected chi connectivity index (χ4v) is 4.77. The molecule has 1 fully saturated rings. The highest BCUT2D eigenvalue weighted by molar-refractivity contribution is 7.88. The van der Waals surface area contributed by atoms with Crippen molar-refractivity contribution in [3.8, 4) is 0 Å². The van der Waals surface area contributed by atoms with Crippen LogP contribution in [0.2, 0.25) is 0 Å². The van der Waals surface area contributed by atoms with Crippen LogP contribution in [0.3, 0.4) is 0 Å². The van der Waals surface area contributed by atoms with Crippen LogP contribution < -0.4 is 0 Å². The van der Waals surface area contributed by atoms with Gasteiger partial charge < -0.3 is 4.90 Å². The first-order chi connectivity index (χ1) is 11.5. The minimum absolute atomic E-state index is 0.111. The van der Waals surface area contributed by atoms with Gasteiger partial charge in [0.05, 0.1) is 11.8 Å². The summed E-state index contributed by atoms with van der Waals surface area (Å²) in [4.78, 5) is 2.14. The number of rotatable bonds is 4. The third kappa shape index (κ3) is 3.83. The minimum Gasteiger partial charge on any atom is -0.303 e. The Morgan fingerprint density at radius 3 is 2.38 bits per heavy atom. The summed E-state index contributed by atoms with van der Waals surface area (Å²) < 4.78 is 40.5. The van der Waals surface area contributed by atoms with Crippen LogP contribution in [-0.4, -0.2) is 44.3 Å². The number of benzene rings is 2. The molecule has 1 saturated heterocycles. The van der Waals surface area contributed by atoms with Gasteiger partial charge in [0.25, 0.3) is 0 Å². The second-order valence-electron chi connectivity index (χ2n) is 6.18. The van der Waals surface area contributed by atoms with E-state index in [-0.39, 0.29) is 17.6 Å². The lowest BCUT2D eigenvalue weighted by atomic mass is 10.1. The molecule has 24 heavy (non-hydrogen) atoms. The monoisotopic (exact) mass is 348 g/mol. The normalized spacial score (nSPS) is 20.2. The fraction of sp³-hybridized carbons (Fsp3) is 0.333. The predicted molar refractivity (Wildman–Crippen MR) is 92.4 cm³/mol. The summed E-state index contributed by atoms with van der Waals surface area (Å²) in [7, 11) is -1.49. The van der Waals surface area contributed by atoms with Crippen molar-refractivity contribution in [2.24, 2.45) is 0 Å². The molecule has 1 atom stereocenters. The van der Waals surface area contributed by atoms with Gasteiger partial charge in [0, 0.05) is 19.6 Å². The Balaban J connectivity index is 1.87. The molecule has 0 bridgehead atoms. The summed E-state index contributed by atoms with van der Waals surface area (Å²) in [5, 5.41) is 0. The molecule has 1 aliphatic rings. The lowest BCUT2D eigenvalue weighted by Crippen LogP contribution is -2.49. The molecule has 0 aromatic heterocycles. The highest BCUT2D eigenvalue weighted by Crippen LogP contribution is 2.29. The standard InChI is InChI=1S/C18H21FN2O2S/c1-20-11-12-21(18(13-20)16-5-3-2-4-6-16)24(22,23)14-15-7-9-17(19)10-8-15/h2-10,18H,11-14H2,1H3. The zero-order chi connectivity index (χ0) is 17.2. The SMILES string of the molecule is CN1CCN(S(=O)(=O)Cc2ccc(F)cc2)C(c2ccccc2)C1. The molecule has 0 saturated carbocycles. The van der Waals surface area contributed by atoms with Gasteiger partial charge in [-0.2, -0.15) is 4.31 Å². The lowest BCUT2D eigenvalue weighted by molar-refractivity contribution is 0.160. The maximum absolute atomic E-state index is 13.0. The minimum atomic E-state index is -3.49. The molecule has 128 valence electrons. The van der Waals surface area contributed by atoms with E-state index in [1.54, 1.807) is 4.31 Å². The van der Waals surface area contributed by atoms with Crippen molar-refractivity contribution in [3.63, 3.8) is 0 Å². The maximum Gasteiger partial charge on any atom is 0.218 e. The molecule has 1 aliphatic heterocycles. The third-order valence-corrected chi connectivity index (χ3v) is 6.19. The van der Waals surface area contributed by atoms with Gasteiger partial charge in [0.15, 0.2) is 0 Å². The van der Waals surface area contributed by atoms with Gasteiger partial charge in [0.1, 0.15) is 5.82 Å². The Labute approximate surface area is 142 Å². The summed E-state index contributed by atoms with van der Waals surface area (Å²) in [6.07, 6.45) is 0. The van der Waals surface area contributed by atoms with Gasteiger partial charge >= 0.3 is 0 Å². The maximum atomic E-state index is 13.0. The molecule has 0 spiro atoms. The summed E-state index contributed by atoms with van der Waals surface area (Å²) in [5.41, 5.74) is 1.59. The van der Waals surface area contributed by atoms with E-state index >= 15 is 0 Å². The van der Waals surface area contributed by atoms with Crippen LogP contribution in [0, 0.1) is 5.82 Å². The van der Waals surface area contributed by atoms with Gasteiger partial charge in [-0.3, -0.25) is 0 Å². The molecule has 2 aromatic carbocycles. The molecule has 0 aliphatic carbocycles. The molecular weight excluding hydrogens is 327 g/mol. The Morgan fingerprint density at radius 2 is 1.71 bits per heavy atom. The zero-order valence-electron chi connectivity index (χ0n) is 13.6. The third-order valence-electron chi connectivity index (χ3n) is 4.34. The van der Waals surface area contributed by atoms with Crippen LogP contribution in [0.25, 0.3) is 0 Å². The fourth-order valence-electron chi connectivity index (χ4n) is 3.06. The first-order valence-electron chi connectivity index (χ1n) is 7.93. The van der Waals surface area contributed by atoms with Crippen molar-refractivity contribution in [1.29, 1.82) is 0 Å². The Kier molecular flexibility index (Phi) is 4.99. The molecule has 0 N–H and O–H groups in total. The summed E-state index contributed by atoms with van der Waals surface area (Å²) in [6.45, 7) is 1.82. The Morgan fingerprint density at radius 1 is 1.04 bits per heavy atom. The van der Waals surface area contributed by atoms with E-state index in [0.29, 0.717) is 25.2 Å². The Hall–Kier alpha value is -1.76. The number of hydrogen-bond donors (Lipinski definition) is 0. The van der Waals surface area contributed by atoms with Crippen LogP contribution >= 0.6 is 0 Å². The van der Waals surface area contributed by atoms with Crippen LogP contribution in [0.15, 0.2) is 54.6 Å². The quantitative estimate of drug-likeness (QED) is 0.853. The Bertz CT molecular complexity index is 778. The first-order valence-corrected chi connectivity index (χ1v) is 9.54. The van der Waals surface area contributed by atoms with E-state index in [2.05, 4.69) is 4.90 Å². The van der Waals surface area contributed by atoms with Crippen molar-refractivity contribution in [2.45, 2.75) is 11.8 Å². The largest absolute Gasteiger partial charge is 0.303 e. The second kappa shape index (κ2) is 7.01. The molecule has 0 amide bonds. The predicted octanol–water partition coefficient (Wildman–Crippen LogP) is 2.64. The van der Waals surface area contributed by atoms with Crippen molar-refractivity contribution >= 4 is 10.0 Å². The van der Waals surface area contributed by atoms with Gasteiger partial charge in [-0.15, -0.1) is 0 Å². The molecule has 1 unspecified atom stereocenters. The van der Waals surface area contributed by atoms with E-state index in [0.717, 1.165) is 5.56 Å². The number of sulfonamides is 1. The molecule has 1 heterocycles. The number of likely N-dealkylation sites (N-methyl/N-ethyl adjacent to an activating group) is 1.